The highest BCUT2D eigenvalue weighted by atomic mass is 16.7. The Morgan fingerprint density at radius 3 is 2.73 bits per heavy atom. The fourth-order valence-electron chi connectivity index (χ4n) is 4.78. The van der Waals surface area contributed by atoms with E-state index in [4.69, 9.17) is 14.2 Å². The molecule has 2 aromatic carbocycles. The van der Waals surface area contributed by atoms with Gasteiger partial charge in [-0.2, -0.15) is 0 Å². The second-order valence-corrected chi connectivity index (χ2v) is 8.90. The highest BCUT2D eigenvalue weighted by Gasteiger charge is 2.35. The van der Waals surface area contributed by atoms with Crippen molar-refractivity contribution in [2.24, 2.45) is 0 Å². The van der Waals surface area contributed by atoms with E-state index in [-0.39, 0.29) is 24.7 Å². The third-order valence-corrected chi connectivity index (χ3v) is 6.39. The Labute approximate surface area is 195 Å². The summed E-state index contributed by atoms with van der Waals surface area (Å²) in [6.45, 7) is 4.12. The first kappa shape index (κ1) is 23.9. The Bertz CT molecular complexity index is 919. The molecule has 1 amide bonds. The molecular formula is C26H34N2O5. The number of anilines is 1. The Balaban J connectivity index is 1.55. The van der Waals surface area contributed by atoms with E-state index < -0.39 is 6.29 Å². The lowest BCUT2D eigenvalue weighted by molar-refractivity contribution is -0.253. The van der Waals surface area contributed by atoms with E-state index in [1.165, 1.54) is 13.3 Å². The Hall–Kier alpha value is -2.29. The average molecular weight is 455 g/mol. The molecule has 33 heavy (non-hydrogen) atoms. The van der Waals surface area contributed by atoms with E-state index in [1.54, 1.807) is 7.11 Å². The van der Waals surface area contributed by atoms with E-state index in [0.717, 1.165) is 54.9 Å². The molecule has 2 aromatic rings. The number of benzene rings is 2. The van der Waals surface area contributed by atoms with Gasteiger partial charge >= 0.3 is 0 Å². The van der Waals surface area contributed by atoms with Gasteiger partial charge in [0.05, 0.1) is 25.4 Å². The molecule has 7 heteroatoms. The van der Waals surface area contributed by atoms with Crippen LogP contribution in [0.5, 0.6) is 0 Å². The highest BCUT2D eigenvalue weighted by molar-refractivity contribution is 5.88. The smallest absolute Gasteiger partial charge is 0.221 e. The van der Waals surface area contributed by atoms with Gasteiger partial charge in [-0.25, -0.2) is 0 Å². The molecular weight excluding hydrogens is 420 g/mol. The van der Waals surface area contributed by atoms with Crippen molar-refractivity contribution in [1.82, 2.24) is 4.90 Å². The molecule has 2 aliphatic heterocycles. The predicted octanol–water partition coefficient (Wildman–Crippen LogP) is 3.79. The lowest BCUT2D eigenvalue weighted by atomic mass is 9.99. The number of rotatable bonds is 8. The predicted molar refractivity (Wildman–Crippen MR) is 126 cm³/mol. The van der Waals surface area contributed by atoms with Crippen LogP contribution < -0.4 is 5.32 Å². The zero-order chi connectivity index (χ0) is 23.2. The van der Waals surface area contributed by atoms with Crippen LogP contribution in [0.15, 0.2) is 48.5 Å². The van der Waals surface area contributed by atoms with Gasteiger partial charge < -0.3 is 24.6 Å². The molecule has 2 fully saturated rings. The maximum atomic E-state index is 11.5. The van der Waals surface area contributed by atoms with Crippen molar-refractivity contribution in [2.75, 3.05) is 32.1 Å². The summed E-state index contributed by atoms with van der Waals surface area (Å²) in [6.07, 6.45) is 2.39. The molecule has 178 valence electrons. The number of aliphatic hydroxyl groups is 1. The highest BCUT2D eigenvalue weighted by Crippen LogP contribution is 2.39. The number of likely N-dealkylation sites (tertiary alicyclic amines) is 1. The number of nitrogens with one attached hydrogen (secondary N) is 1. The van der Waals surface area contributed by atoms with Crippen LogP contribution in [0.1, 0.15) is 55.3 Å². The van der Waals surface area contributed by atoms with Crippen molar-refractivity contribution in [2.45, 2.75) is 57.3 Å². The summed E-state index contributed by atoms with van der Waals surface area (Å²) in [6, 6.07) is 16.0. The number of methoxy groups -OCH3 is 1. The van der Waals surface area contributed by atoms with Gasteiger partial charge in [-0.1, -0.05) is 36.4 Å². The number of hydrogen-bond donors (Lipinski definition) is 2. The zero-order valence-electron chi connectivity index (χ0n) is 19.4. The first-order valence-electron chi connectivity index (χ1n) is 11.7. The maximum Gasteiger partial charge on any atom is 0.221 e. The normalized spacial score (nSPS) is 25.8. The molecule has 2 aliphatic rings. The van der Waals surface area contributed by atoms with Gasteiger partial charge in [-0.3, -0.25) is 9.69 Å². The van der Waals surface area contributed by atoms with Crippen molar-refractivity contribution < 1.29 is 24.1 Å². The third kappa shape index (κ3) is 6.19. The Kier molecular flexibility index (Phi) is 8.11. The van der Waals surface area contributed by atoms with Crippen LogP contribution in [0, 0.1) is 0 Å². The number of carbonyl (C=O) groups excluding carboxylic acids is 1. The molecule has 2 saturated heterocycles. The summed E-state index contributed by atoms with van der Waals surface area (Å²) in [5.74, 6) is -0.115. The average Bonchev–Trinajstić information content (AvgIpc) is 3.25. The quantitative estimate of drug-likeness (QED) is 0.632. The van der Waals surface area contributed by atoms with Gasteiger partial charge in [-0.15, -0.1) is 0 Å². The molecule has 0 unspecified atom stereocenters. The summed E-state index contributed by atoms with van der Waals surface area (Å²) in [4.78, 5) is 14.0. The number of aliphatic hydroxyl groups excluding tert-OH is 1. The molecule has 2 heterocycles. The fourth-order valence-corrected chi connectivity index (χ4v) is 4.78. The van der Waals surface area contributed by atoms with Crippen molar-refractivity contribution in [3.63, 3.8) is 0 Å². The topological polar surface area (TPSA) is 80.3 Å². The molecule has 0 spiro atoms. The van der Waals surface area contributed by atoms with Crippen molar-refractivity contribution in [1.29, 1.82) is 0 Å². The number of hydrogen-bond acceptors (Lipinski definition) is 6. The van der Waals surface area contributed by atoms with Gasteiger partial charge in [-0.05, 0) is 42.6 Å². The van der Waals surface area contributed by atoms with Gasteiger partial charge in [0.1, 0.15) is 0 Å². The van der Waals surface area contributed by atoms with Crippen LogP contribution >= 0.6 is 0 Å². The van der Waals surface area contributed by atoms with Gasteiger partial charge in [0.25, 0.3) is 0 Å². The maximum absolute atomic E-state index is 11.5. The molecule has 0 radical (unpaired) electrons. The first-order chi connectivity index (χ1) is 16.1. The standard InChI is InChI=1S/C26H34N2O5/c1-18(30)27-22-6-3-5-21(13-22)26-32-24(15-28-12-4-7-23(28)17-31-2)14-25(33-26)20-10-8-19(16-29)9-11-20/h3,5-6,8-11,13,23-26,29H,4,7,12,14-17H2,1-2H3,(H,27,30)/t23-,24+,25-,26-/m0/s1. The molecule has 0 bridgehead atoms. The Morgan fingerprint density at radius 2 is 2.00 bits per heavy atom. The monoisotopic (exact) mass is 454 g/mol. The minimum absolute atomic E-state index is 0.00635. The fraction of sp³-hybridized carbons (Fsp3) is 0.500. The molecule has 0 aliphatic carbocycles. The largest absolute Gasteiger partial charge is 0.392 e. The van der Waals surface area contributed by atoms with Crippen LogP contribution in [-0.4, -0.2) is 54.9 Å². The van der Waals surface area contributed by atoms with E-state index in [9.17, 15) is 9.90 Å². The molecule has 4 atom stereocenters. The molecule has 0 saturated carbocycles. The van der Waals surface area contributed by atoms with Gasteiger partial charge in [0.2, 0.25) is 5.91 Å². The number of amides is 1. The second kappa shape index (κ2) is 11.2. The summed E-state index contributed by atoms with van der Waals surface area (Å²) in [5, 5.41) is 12.2. The van der Waals surface area contributed by atoms with Crippen LogP contribution in [-0.2, 0) is 25.6 Å². The van der Waals surface area contributed by atoms with Crippen molar-refractivity contribution >= 4 is 11.6 Å². The van der Waals surface area contributed by atoms with Crippen LogP contribution in [0.4, 0.5) is 5.69 Å². The number of nitrogens with zero attached hydrogens (tertiary/aromatic N) is 1. The third-order valence-electron chi connectivity index (χ3n) is 6.39. The molecule has 4 rings (SSSR count). The number of ether oxygens (including phenoxy) is 3. The summed E-state index contributed by atoms with van der Waals surface area (Å²) < 4.78 is 18.3. The van der Waals surface area contributed by atoms with Gasteiger partial charge in [0, 0.05) is 44.3 Å². The molecule has 7 nitrogen and oxygen atoms in total. The van der Waals surface area contributed by atoms with Crippen molar-refractivity contribution in [3.8, 4) is 0 Å². The summed E-state index contributed by atoms with van der Waals surface area (Å²) in [5.41, 5.74) is 3.54. The lowest BCUT2D eigenvalue weighted by Gasteiger charge is -2.39. The van der Waals surface area contributed by atoms with Crippen LogP contribution in [0.3, 0.4) is 0 Å². The van der Waals surface area contributed by atoms with Gasteiger partial charge in [0.15, 0.2) is 6.29 Å². The molecule has 0 aromatic heterocycles. The summed E-state index contributed by atoms with van der Waals surface area (Å²) >= 11 is 0. The van der Waals surface area contributed by atoms with E-state index in [0.29, 0.717) is 6.04 Å². The first-order valence-corrected chi connectivity index (χ1v) is 11.7. The van der Waals surface area contributed by atoms with Crippen LogP contribution in [0.2, 0.25) is 0 Å². The zero-order valence-corrected chi connectivity index (χ0v) is 19.4. The van der Waals surface area contributed by atoms with E-state index in [2.05, 4.69) is 10.2 Å². The number of carbonyl (C=O) groups is 1. The van der Waals surface area contributed by atoms with E-state index >= 15 is 0 Å². The lowest BCUT2D eigenvalue weighted by Crippen LogP contribution is -2.42. The van der Waals surface area contributed by atoms with Crippen LogP contribution in [0.25, 0.3) is 0 Å². The minimum Gasteiger partial charge on any atom is -0.392 e. The molecule has 2 N–H and O–H groups in total. The van der Waals surface area contributed by atoms with E-state index in [1.807, 2.05) is 48.5 Å². The summed E-state index contributed by atoms with van der Waals surface area (Å²) in [7, 11) is 1.76. The minimum atomic E-state index is -0.538. The SMILES string of the molecule is COC[C@@H]1CCCN1C[C@H]1C[C@@H](c2ccc(CO)cc2)O[C@@H](c2cccc(NC(C)=O)c2)O1. The second-order valence-electron chi connectivity index (χ2n) is 8.90. The van der Waals surface area contributed by atoms with Crippen molar-refractivity contribution in [3.05, 3.63) is 65.2 Å². The Morgan fingerprint density at radius 1 is 1.18 bits per heavy atom.